The SMILES string of the molecule is Cc1nn(Cc2ccc(Cl)cc2)c(Cl)c1/C=C/C(=O)Nc1nccs1. The third kappa shape index (κ3) is 4.48. The fourth-order valence-corrected chi connectivity index (χ4v) is 3.17. The molecule has 2 heterocycles. The fourth-order valence-electron chi connectivity index (χ4n) is 2.22. The molecule has 0 aliphatic heterocycles. The Labute approximate surface area is 158 Å². The van der Waals surface area contributed by atoms with E-state index in [0.717, 1.165) is 11.3 Å². The third-order valence-corrected chi connectivity index (χ3v) is 4.76. The van der Waals surface area contributed by atoms with Crippen LogP contribution in [0.3, 0.4) is 0 Å². The van der Waals surface area contributed by atoms with E-state index < -0.39 is 0 Å². The highest BCUT2D eigenvalue weighted by Gasteiger charge is 2.12. The van der Waals surface area contributed by atoms with Gasteiger partial charge >= 0.3 is 0 Å². The van der Waals surface area contributed by atoms with Crippen LogP contribution in [-0.4, -0.2) is 20.7 Å². The smallest absolute Gasteiger partial charge is 0.250 e. The maximum atomic E-state index is 11.9. The summed E-state index contributed by atoms with van der Waals surface area (Å²) in [5.74, 6) is -0.268. The minimum atomic E-state index is -0.268. The lowest BCUT2D eigenvalue weighted by molar-refractivity contribution is -0.111. The normalized spacial score (nSPS) is 11.2. The van der Waals surface area contributed by atoms with Crippen LogP contribution in [0.25, 0.3) is 6.08 Å². The number of halogens is 2. The minimum absolute atomic E-state index is 0.268. The average Bonchev–Trinajstić information content (AvgIpc) is 3.17. The lowest BCUT2D eigenvalue weighted by Gasteiger charge is -2.03. The zero-order valence-electron chi connectivity index (χ0n) is 13.2. The Balaban J connectivity index is 1.73. The molecule has 25 heavy (non-hydrogen) atoms. The van der Waals surface area contributed by atoms with Crippen LogP contribution in [0, 0.1) is 6.92 Å². The summed E-state index contributed by atoms with van der Waals surface area (Å²) in [5.41, 5.74) is 2.49. The first-order valence-electron chi connectivity index (χ1n) is 7.39. The number of hydrogen-bond acceptors (Lipinski definition) is 4. The van der Waals surface area contributed by atoms with E-state index in [-0.39, 0.29) is 5.91 Å². The zero-order valence-corrected chi connectivity index (χ0v) is 15.6. The molecule has 1 N–H and O–H groups in total. The quantitative estimate of drug-likeness (QED) is 0.642. The van der Waals surface area contributed by atoms with E-state index in [2.05, 4.69) is 15.4 Å². The number of thiazole rings is 1. The molecule has 1 amide bonds. The van der Waals surface area contributed by atoms with E-state index in [0.29, 0.717) is 27.4 Å². The second-order valence-electron chi connectivity index (χ2n) is 5.23. The highest BCUT2D eigenvalue weighted by Crippen LogP contribution is 2.23. The third-order valence-electron chi connectivity index (χ3n) is 3.42. The van der Waals surface area contributed by atoms with Crippen molar-refractivity contribution in [2.45, 2.75) is 13.5 Å². The summed E-state index contributed by atoms with van der Waals surface area (Å²) in [6.07, 6.45) is 4.71. The standard InChI is InChI=1S/C17H14Cl2N4OS/c1-11-14(6-7-15(24)21-17-20-8-9-25-17)16(19)23(22-11)10-12-2-4-13(18)5-3-12/h2-9H,10H2,1H3,(H,20,21,24)/b7-6+. The molecule has 0 fully saturated rings. The van der Waals surface area contributed by atoms with E-state index >= 15 is 0 Å². The molecule has 3 aromatic rings. The van der Waals surface area contributed by atoms with Crippen molar-refractivity contribution in [2.75, 3.05) is 5.32 Å². The van der Waals surface area contributed by atoms with E-state index in [1.54, 1.807) is 22.3 Å². The Morgan fingerprint density at radius 2 is 2.08 bits per heavy atom. The van der Waals surface area contributed by atoms with Crippen molar-refractivity contribution in [3.8, 4) is 0 Å². The number of aryl methyl sites for hydroxylation is 1. The molecule has 0 bridgehead atoms. The first kappa shape index (κ1) is 17.7. The molecule has 128 valence electrons. The lowest BCUT2D eigenvalue weighted by Crippen LogP contribution is -2.07. The number of nitrogens with one attached hydrogen (secondary N) is 1. The number of carbonyl (C=O) groups is 1. The van der Waals surface area contributed by atoms with Gasteiger partial charge in [0.1, 0.15) is 5.15 Å². The monoisotopic (exact) mass is 392 g/mol. The molecule has 8 heteroatoms. The first-order valence-corrected chi connectivity index (χ1v) is 9.02. The number of benzene rings is 1. The number of amides is 1. The summed E-state index contributed by atoms with van der Waals surface area (Å²) in [5, 5.41) is 10.6. The number of carbonyl (C=O) groups excluding carboxylic acids is 1. The Kier molecular flexibility index (Phi) is 5.53. The summed E-state index contributed by atoms with van der Waals surface area (Å²) in [6, 6.07) is 7.50. The van der Waals surface area contributed by atoms with Gasteiger partial charge in [0.25, 0.3) is 0 Å². The zero-order chi connectivity index (χ0) is 17.8. The average molecular weight is 393 g/mol. The summed E-state index contributed by atoms with van der Waals surface area (Å²) in [4.78, 5) is 15.9. The Bertz CT molecular complexity index is 902. The Morgan fingerprint density at radius 3 is 2.76 bits per heavy atom. The number of hydrogen-bond donors (Lipinski definition) is 1. The summed E-state index contributed by atoms with van der Waals surface area (Å²) in [6.45, 7) is 2.37. The summed E-state index contributed by atoms with van der Waals surface area (Å²) >= 11 is 13.7. The molecular formula is C17H14Cl2N4OS. The molecule has 5 nitrogen and oxygen atoms in total. The molecule has 0 spiro atoms. The maximum Gasteiger partial charge on any atom is 0.250 e. The summed E-state index contributed by atoms with van der Waals surface area (Å²) in [7, 11) is 0. The lowest BCUT2D eigenvalue weighted by atomic mass is 10.2. The molecule has 0 atom stereocenters. The van der Waals surface area contributed by atoms with Gasteiger partial charge < -0.3 is 0 Å². The Morgan fingerprint density at radius 1 is 1.32 bits per heavy atom. The van der Waals surface area contributed by atoms with Crippen LogP contribution in [0.2, 0.25) is 10.2 Å². The number of aromatic nitrogens is 3. The predicted molar refractivity (Wildman–Crippen MR) is 102 cm³/mol. The fraction of sp³-hybridized carbons (Fsp3) is 0.118. The molecule has 1 aromatic carbocycles. The van der Waals surface area contributed by atoms with Crippen molar-refractivity contribution in [3.63, 3.8) is 0 Å². The van der Waals surface area contributed by atoms with Gasteiger partial charge in [-0.25, -0.2) is 9.67 Å². The van der Waals surface area contributed by atoms with Gasteiger partial charge in [-0.2, -0.15) is 5.10 Å². The van der Waals surface area contributed by atoms with Crippen LogP contribution in [0.15, 0.2) is 41.9 Å². The highest BCUT2D eigenvalue weighted by atomic mass is 35.5. The van der Waals surface area contributed by atoms with Crippen molar-refractivity contribution < 1.29 is 4.79 Å². The van der Waals surface area contributed by atoms with Gasteiger partial charge in [-0.05, 0) is 30.7 Å². The Hall–Kier alpha value is -2.15. The van der Waals surface area contributed by atoms with E-state index in [1.807, 2.05) is 31.2 Å². The molecule has 3 rings (SSSR count). The molecule has 0 saturated carbocycles. The second-order valence-corrected chi connectivity index (χ2v) is 6.92. The maximum absolute atomic E-state index is 11.9. The van der Waals surface area contributed by atoms with Crippen LogP contribution in [0.4, 0.5) is 5.13 Å². The van der Waals surface area contributed by atoms with Gasteiger partial charge in [0.2, 0.25) is 5.91 Å². The summed E-state index contributed by atoms with van der Waals surface area (Å²) < 4.78 is 1.69. The van der Waals surface area contributed by atoms with Gasteiger partial charge in [0.15, 0.2) is 5.13 Å². The number of nitrogens with zero attached hydrogens (tertiary/aromatic N) is 3. The largest absolute Gasteiger partial charge is 0.298 e. The van der Waals surface area contributed by atoms with Crippen LogP contribution >= 0.6 is 34.5 Å². The minimum Gasteiger partial charge on any atom is -0.298 e. The molecule has 0 unspecified atom stereocenters. The van der Waals surface area contributed by atoms with Gasteiger partial charge in [-0.1, -0.05) is 35.3 Å². The van der Waals surface area contributed by atoms with Crippen molar-refractivity contribution in [1.82, 2.24) is 14.8 Å². The van der Waals surface area contributed by atoms with Crippen LogP contribution in [0.5, 0.6) is 0 Å². The molecule has 0 aliphatic rings. The van der Waals surface area contributed by atoms with Gasteiger partial charge in [0, 0.05) is 28.2 Å². The van der Waals surface area contributed by atoms with Gasteiger partial charge in [-0.15, -0.1) is 11.3 Å². The van der Waals surface area contributed by atoms with Crippen molar-refractivity contribution in [1.29, 1.82) is 0 Å². The highest BCUT2D eigenvalue weighted by molar-refractivity contribution is 7.13. The van der Waals surface area contributed by atoms with E-state index in [1.165, 1.54) is 17.4 Å². The molecular weight excluding hydrogens is 379 g/mol. The van der Waals surface area contributed by atoms with Crippen LogP contribution < -0.4 is 5.32 Å². The van der Waals surface area contributed by atoms with Crippen molar-refractivity contribution in [2.24, 2.45) is 0 Å². The first-order chi connectivity index (χ1) is 12.0. The number of anilines is 1. The van der Waals surface area contributed by atoms with E-state index in [4.69, 9.17) is 23.2 Å². The molecule has 0 saturated heterocycles. The van der Waals surface area contributed by atoms with E-state index in [9.17, 15) is 4.79 Å². The number of rotatable bonds is 5. The van der Waals surface area contributed by atoms with Crippen LogP contribution in [-0.2, 0) is 11.3 Å². The molecule has 2 aromatic heterocycles. The van der Waals surface area contributed by atoms with Crippen LogP contribution in [0.1, 0.15) is 16.8 Å². The van der Waals surface area contributed by atoms with Gasteiger partial charge in [-0.3, -0.25) is 10.1 Å². The van der Waals surface area contributed by atoms with Gasteiger partial charge in [0.05, 0.1) is 12.2 Å². The molecule has 0 radical (unpaired) electrons. The second kappa shape index (κ2) is 7.82. The van der Waals surface area contributed by atoms with Crippen molar-refractivity contribution >= 4 is 51.7 Å². The van der Waals surface area contributed by atoms with Crippen molar-refractivity contribution in [3.05, 3.63) is 68.9 Å². The predicted octanol–water partition coefficient (Wildman–Crippen LogP) is 4.66. The molecule has 0 aliphatic carbocycles. The topological polar surface area (TPSA) is 59.8 Å².